The van der Waals surface area contributed by atoms with Crippen LogP contribution in [-0.4, -0.2) is 0 Å². The minimum absolute atomic E-state index is 1.31. The van der Waals surface area contributed by atoms with Crippen molar-refractivity contribution in [1.29, 1.82) is 0 Å². The second kappa shape index (κ2) is 4.08. The molecule has 0 saturated heterocycles. The van der Waals surface area contributed by atoms with E-state index in [0.29, 0.717) is 0 Å². The van der Waals surface area contributed by atoms with E-state index in [1.165, 1.54) is 43.4 Å². The van der Waals surface area contributed by atoms with Gasteiger partial charge in [-0.05, 0) is 69.4 Å². The van der Waals surface area contributed by atoms with Crippen LogP contribution in [0.5, 0.6) is 0 Å². The van der Waals surface area contributed by atoms with Crippen LogP contribution >= 0.6 is 0 Å². The van der Waals surface area contributed by atoms with Gasteiger partial charge in [-0.1, -0.05) is 48.5 Å². The molecule has 4 rings (SSSR count). The monoisotopic (exact) mass is 256 g/mol. The van der Waals surface area contributed by atoms with Gasteiger partial charge in [0.05, 0.1) is 0 Å². The van der Waals surface area contributed by atoms with Gasteiger partial charge in [0.2, 0.25) is 0 Å². The number of aryl methyl sites for hydroxylation is 2. The fourth-order valence-corrected chi connectivity index (χ4v) is 3.09. The molecule has 0 aromatic heterocycles. The third-order valence-electron chi connectivity index (χ3n) is 4.42. The topological polar surface area (TPSA) is 0 Å². The van der Waals surface area contributed by atoms with Crippen molar-refractivity contribution in [3.05, 3.63) is 71.8 Å². The van der Waals surface area contributed by atoms with Gasteiger partial charge in [-0.3, -0.25) is 0 Å². The second-order valence-corrected chi connectivity index (χ2v) is 5.59. The van der Waals surface area contributed by atoms with Crippen molar-refractivity contribution < 1.29 is 0 Å². The summed E-state index contributed by atoms with van der Waals surface area (Å²) >= 11 is 0. The molecular weight excluding hydrogens is 240 g/mol. The van der Waals surface area contributed by atoms with Crippen LogP contribution in [0.25, 0.3) is 32.3 Å². The first-order valence-electron chi connectivity index (χ1n) is 7.05. The van der Waals surface area contributed by atoms with E-state index < -0.39 is 0 Å². The first kappa shape index (κ1) is 11.5. The molecule has 4 aromatic carbocycles. The number of hydrogen-bond donors (Lipinski definition) is 0. The van der Waals surface area contributed by atoms with E-state index in [-0.39, 0.29) is 0 Å². The third-order valence-corrected chi connectivity index (χ3v) is 4.42. The lowest BCUT2D eigenvalue weighted by Crippen LogP contribution is -1.85. The van der Waals surface area contributed by atoms with Crippen LogP contribution in [0.1, 0.15) is 11.1 Å². The fraction of sp³-hybridized carbons (Fsp3) is 0.100. The van der Waals surface area contributed by atoms with E-state index in [1.54, 1.807) is 0 Å². The van der Waals surface area contributed by atoms with Gasteiger partial charge in [0.15, 0.2) is 0 Å². The van der Waals surface area contributed by atoms with Crippen molar-refractivity contribution in [1.82, 2.24) is 0 Å². The van der Waals surface area contributed by atoms with Crippen molar-refractivity contribution in [2.75, 3.05) is 0 Å². The minimum atomic E-state index is 1.31. The average Bonchev–Trinajstić information content (AvgIpc) is 2.49. The molecule has 0 aliphatic rings. The van der Waals surface area contributed by atoms with Crippen LogP contribution in [0.15, 0.2) is 60.7 Å². The van der Waals surface area contributed by atoms with Crippen molar-refractivity contribution in [3.63, 3.8) is 0 Å². The summed E-state index contributed by atoms with van der Waals surface area (Å²) < 4.78 is 0. The Morgan fingerprint density at radius 1 is 0.550 bits per heavy atom. The molecule has 0 spiro atoms. The second-order valence-electron chi connectivity index (χ2n) is 5.59. The predicted molar refractivity (Wildman–Crippen MR) is 88.4 cm³/mol. The van der Waals surface area contributed by atoms with Crippen LogP contribution in [-0.2, 0) is 0 Å². The van der Waals surface area contributed by atoms with E-state index >= 15 is 0 Å². The largest absolute Gasteiger partial charge is 0.0616 e. The Balaban J connectivity index is 2.25. The molecule has 0 bridgehead atoms. The minimum Gasteiger partial charge on any atom is -0.0616 e. The Kier molecular flexibility index (Phi) is 2.34. The van der Waals surface area contributed by atoms with Crippen LogP contribution in [0, 0.1) is 13.8 Å². The molecule has 0 N–H and O–H groups in total. The zero-order valence-corrected chi connectivity index (χ0v) is 11.8. The lowest BCUT2D eigenvalue weighted by molar-refractivity contribution is 1.38. The summed E-state index contributed by atoms with van der Waals surface area (Å²) in [6.45, 7) is 4.40. The summed E-state index contributed by atoms with van der Waals surface area (Å²) in [6, 6.07) is 22.2. The maximum atomic E-state index is 2.36. The average molecular weight is 256 g/mol. The Morgan fingerprint density at radius 2 is 1.25 bits per heavy atom. The first-order valence-corrected chi connectivity index (χ1v) is 7.05. The fourth-order valence-electron chi connectivity index (χ4n) is 3.09. The highest BCUT2D eigenvalue weighted by atomic mass is 14.1. The van der Waals surface area contributed by atoms with Crippen LogP contribution in [0.3, 0.4) is 0 Å². The first-order chi connectivity index (χ1) is 9.74. The zero-order valence-electron chi connectivity index (χ0n) is 11.8. The highest BCUT2D eigenvalue weighted by molar-refractivity contribution is 6.12. The molecule has 0 aliphatic carbocycles. The standard InChI is InChI=1S/C20H16/c1-13-7-8-16-11-17-10-9-15-5-3-4-6-18(15)20(17)12-19(16)14(13)2/h3-12H,1-2H3. The molecule has 0 nitrogen and oxygen atoms in total. The van der Waals surface area contributed by atoms with E-state index in [9.17, 15) is 0 Å². The number of hydrogen-bond acceptors (Lipinski definition) is 0. The van der Waals surface area contributed by atoms with E-state index in [4.69, 9.17) is 0 Å². The lowest BCUT2D eigenvalue weighted by atomic mass is 9.95. The van der Waals surface area contributed by atoms with Gasteiger partial charge < -0.3 is 0 Å². The smallest absolute Gasteiger partial charge is 0.00989 e. The summed E-state index contributed by atoms with van der Waals surface area (Å²) in [4.78, 5) is 0. The van der Waals surface area contributed by atoms with Crippen molar-refractivity contribution in [2.24, 2.45) is 0 Å². The molecule has 0 atom stereocenters. The molecule has 20 heavy (non-hydrogen) atoms. The van der Waals surface area contributed by atoms with Gasteiger partial charge in [-0.15, -0.1) is 0 Å². The number of benzene rings is 4. The molecule has 0 saturated carbocycles. The van der Waals surface area contributed by atoms with Gasteiger partial charge >= 0.3 is 0 Å². The molecular formula is C20H16. The molecule has 4 aromatic rings. The zero-order chi connectivity index (χ0) is 13.7. The number of fused-ring (bicyclic) bond motifs is 4. The molecule has 0 heterocycles. The molecule has 0 fully saturated rings. The SMILES string of the molecule is Cc1ccc2cc3ccc4ccccc4c3cc2c1C. The van der Waals surface area contributed by atoms with E-state index in [0.717, 1.165) is 0 Å². The van der Waals surface area contributed by atoms with Gasteiger partial charge in [-0.2, -0.15) is 0 Å². The summed E-state index contributed by atoms with van der Waals surface area (Å²) in [5, 5.41) is 8.02. The van der Waals surface area contributed by atoms with Gasteiger partial charge in [0.25, 0.3) is 0 Å². The van der Waals surface area contributed by atoms with Gasteiger partial charge in [0.1, 0.15) is 0 Å². The molecule has 0 unspecified atom stereocenters. The normalized spacial score (nSPS) is 11.5. The van der Waals surface area contributed by atoms with Crippen LogP contribution in [0.4, 0.5) is 0 Å². The highest BCUT2D eigenvalue weighted by Crippen LogP contribution is 2.31. The Bertz CT molecular complexity index is 962. The maximum Gasteiger partial charge on any atom is -0.00989 e. The summed E-state index contributed by atoms with van der Waals surface area (Å²) in [5.74, 6) is 0. The molecule has 0 heteroatoms. The highest BCUT2D eigenvalue weighted by Gasteiger charge is 2.05. The maximum absolute atomic E-state index is 2.36. The lowest BCUT2D eigenvalue weighted by Gasteiger charge is -2.10. The van der Waals surface area contributed by atoms with Crippen molar-refractivity contribution >= 4 is 32.3 Å². The third kappa shape index (κ3) is 1.55. The molecule has 0 amide bonds. The van der Waals surface area contributed by atoms with Crippen LogP contribution < -0.4 is 0 Å². The van der Waals surface area contributed by atoms with E-state index in [2.05, 4.69) is 74.5 Å². The molecule has 0 radical (unpaired) electrons. The van der Waals surface area contributed by atoms with Crippen molar-refractivity contribution in [2.45, 2.75) is 13.8 Å². The van der Waals surface area contributed by atoms with Gasteiger partial charge in [0, 0.05) is 0 Å². The number of rotatable bonds is 0. The molecule has 96 valence electrons. The molecule has 0 aliphatic heterocycles. The summed E-state index contributed by atoms with van der Waals surface area (Å²) in [7, 11) is 0. The summed E-state index contributed by atoms with van der Waals surface area (Å²) in [5.41, 5.74) is 2.74. The Hall–Kier alpha value is -2.34. The van der Waals surface area contributed by atoms with Crippen LogP contribution in [0.2, 0.25) is 0 Å². The summed E-state index contributed by atoms with van der Waals surface area (Å²) in [6.07, 6.45) is 0. The van der Waals surface area contributed by atoms with Crippen molar-refractivity contribution in [3.8, 4) is 0 Å². The Morgan fingerprint density at radius 3 is 2.15 bits per heavy atom. The van der Waals surface area contributed by atoms with Gasteiger partial charge in [-0.25, -0.2) is 0 Å². The van der Waals surface area contributed by atoms with E-state index in [1.807, 2.05) is 0 Å². The quantitative estimate of drug-likeness (QED) is 0.277. The predicted octanol–water partition coefficient (Wildman–Crippen LogP) is 5.76. The Labute approximate surface area is 118 Å².